The predicted octanol–water partition coefficient (Wildman–Crippen LogP) is 5.78. The van der Waals surface area contributed by atoms with E-state index in [1.165, 1.54) is 0 Å². The van der Waals surface area contributed by atoms with Crippen molar-refractivity contribution in [3.63, 3.8) is 0 Å². The molecule has 1 aromatic carbocycles. The highest BCUT2D eigenvalue weighted by Crippen LogP contribution is 2.53. The Labute approximate surface area is 167 Å². The van der Waals surface area contributed by atoms with Crippen LogP contribution in [0.5, 0.6) is 0 Å². The molecule has 0 saturated carbocycles. The van der Waals surface area contributed by atoms with Crippen molar-refractivity contribution in [1.82, 2.24) is 0 Å². The van der Waals surface area contributed by atoms with Gasteiger partial charge in [-0.1, -0.05) is 57.7 Å². The van der Waals surface area contributed by atoms with Gasteiger partial charge in [0.05, 0.1) is 10.6 Å². The average Bonchev–Trinajstić information content (AvgIpc) is 2.63. The molecule has 1 aromatic rings. The van der Waals surface area contributed by atoms with Crippen molar-refractivity contribution in [3.05, 3.63) is 29.8 Å². The van der Waals surface area contributed by atoms with E-state index < -0.39 is 20.4 Å². The first kappa shape index (κ1) is 24.2. The van der Waals surface area contributed by atoms with Crippen molar-refractivity contribution in [3.8, 4) is 0 Å². The number of carbonyl (C=O) groups is 1. The summed E-state index contributed by atoms with van der Waals surface area (Å²) in [6, 6.07) is 6.73. The van der Waals surface area contributed by atoms with Crippen molar-refractivity contribution >= 4 is 26.2 Å². The van der Waals surface area contributed by atoms with Crippen LogP contribution in [0.4, 0.5) is 0 Å². The third kappa shape index (κ3) is 8.36. The number of hydrogen-bond donors (Lipinski definition) is 0. The molecule has 0 aromatic heterocycles. The first-order chi connectivity index (χ1) is 12.8. The first-order valence-corrected chi connectivity index (χ1v) is 13.6. The van der Waals surface area contributed by atoms with E-state index in [4.69, 9.17) is 3.63 Å². The molecule has 0 bridgehead atoms. The van der Waals surface area contributed by atoms with Gasteiger partial charge in [-0.2, -0.15) is 8.42 Å². The Hall–Kier alpha value is -0.850. The Morgan fingerprint density at radius 3 is 1.89 bits per heavy atom. The number of unbranched alkanes of at least 4 members (excludes halogenated alkanes) is 3. The summed E-state index contributed by atoms with van der Waals surface area (Å²) in [7, 11) is -5.88. The average molecular weight is 417 g/mol. The number of carbonyl (C=O) groups excluding carboxylic acids is 1. The molecule has 0 spiro atoms. The van der Waals surface area contributed by atoms with Crippen LogP contribution < -0.4 is 0 Å². The van der Waals surface area contributed by atoms with Gasteiger partial charge in [-0.15, -0.1) is 10.3 Å². The van der Waals surface area contributed by atoms with Crippen molar-refractivity contribution in [1.29, 1.82) is 0 Å². The minimum Gasteiger partial charge on any atom is -0.299 e. The van der Waals surface area contributed by atoms with E-state index in [1.807, 2.05) is 6.92 Å². The van der Waals surface area contributed by atoms with E-state index in [1.54, 1.807) is 24.3 Å². The molecule has 0 saturated heterocycles. The minimum absolute atomic E-state index is 0.137. The molecule has 0 aliphatic carbocycles. The first-order valence-electron chi connectivity index (χ1n) is 10.1. The van der Waals surface area contributed by atoms with Crippen LogP contribution in [0.1, 0.15) is 71.3 Å². The van der Waals surface area contributed by atoms with Crippen LogP contribution in [-0.4, -0.2) is 31.5 Å². The van der Waals surface area contributed by atoms with Gasteiger partial charge in [0.15, 0.2) is 0 Å². The van der Waals surface area contributed by atoms with Crippen LogP contribution in [0, 0.1) is 6.92 Å². The van der Waals surface area contributed by atoms with Crippen LogP contribution in [0.25, 0.3) is 0 Å². The number of benzene rings is 1. The Balaban J connectivity index is 3.15. The maximum absolute atomic E-state index is 13.0. The van der Waals surface area contributed by atoms with E-state index in [-0.39, 0.29) is 16.4 Å². The maximum Gasteiger partial charge on any atom is 0.306 e. The number of aryl methyl sites for hydroxylation is 1. The largest absolute Gasteiger partial charge is 0.306 e. The summed E-state index contributed by atoms with van der Waals surface area (Å²) in [5.74, 6) is 1.75. The third-order valence-corrected chi connectivity index (χ3v) is 10.2. The van der Waals surface area contributed by atoms with Crippen LogP contribution >= 0.6 is 10.3 Å². The zero-order chi connectivity index (χ0) is 20.3. The van der Waals surface area contributed by atoms with Gasteiger partial charge in [0.1, 0.15) is 5.78 Å². The molecule has 0 radical (unpaired) electrons. The molecule has 0 unspecified atom stereocenters. The van der Waals surface area contributed by atoms with E-state index in [0.29, 0.717) is 17.9 Å². The zero-order valence-electron chi connectivity index (χ0n) is 17.3. The quantitative estimate of drug-likeness (QED) is 0.386. The van der Waals surface area contributed by atoms with Gasteiger partial charge in [-0.3, -0.25) is 4.79 Å². The fourth-order valence-corrected chi connectivity index (χ4v) is 8.72. The lowest BCUT2D eigenvalue weighted by Crippen LogP contribution is -2.25. The SMILES string of the molecule is CCCCC(=O)CS(CCCC)(CCCC)OS(=O)(=O)c1ccc(C)cc1. The van der Waals surface area contributed by atoms with E-state index in [2.05, 4.69) is 20.8 Å². The standard InChI is InChI=1S/C21H36O4S2/c1-5-8-11-20(22)18-26(16-9-6-2,17-10-7-3)25-27(23,24)21-14-12-19(4)13-15-21/h12-15H,5-11,16-18H2,1-4H3. The number of ketones is 1. The zero-order valence-corrected chi connectivity index (χ0v) is 19.0. The van der Waals surface area contributed by atoms with Crippen LogP contribution in [-0.2, 0) is 18.5 Å². The topological polar surface area (TPSA) is 60.4 Å². The second-order valence-corrected chi connectivity index (χ2v) is 12.2. The Bertz CT molecular complexity index is 658. The van der Waals surface area contributed by atoms with Crippen molar-refractivity contribution in [2.24, 2.45) is 0 Å². The highest BCUT2D eigenvalue weighted by Gasteiger charge is 2.33. The van der Waals surface area contributed by atoms with E-state index in [9.17, 15) is 13.2 Å². The fourth-order valence-electron chi connectivity index (χ4n) is 2.83. The molecule has 1 rings (SSSR count). The van der Waals surface area contributed by atoms with Gasteiger partial charge in [0.25, 0.3) is 0 Å². The summed E-state index contributed by atoms with van der Waals surface area (Å²) in [6.45, 7) is 8.14. The van der Waals surface area contributed by atoms with Crippen LogP contribution in [0.3, 0.4) is 0 Å². The molecular formula is C21H36O4S2. The second kappa shape index (κ2) is 11.9. The highest BCUT2D eigenvalue weighted by atomic mass is 32.3. The third-order valence-electron chi connectivity index (χ3n) is 4.52. The monoisotopic (exact) mass is 416 g/mol. The van der Waals surface area contributed by atoms with Crippen molar-refractivity contribution in [2.45, 2.75) is 77.5 Å². The highest BCUT2D eigenvalue weighted by molar-refractivity contribution is 8.33. The second-order valence-electron chi connectivity index (χ2n) is 7.20. The molecule has 0 atom stereocenters. The lowest BCUT2D eigenvalue weighted by molar-refractivity contribution is -0.116. The van der Waals surface area contributed by atoms with E-state index >= 15 is 0 Å². The molecule has 0 aliphatic heterocycles. The number of hydrogen-bond acceptors (Lipinski definition) is 4. The Morgan fingerprint density at radius 2 is 1.41 bits per heavy atom. The summed E-state index contributed by atoms with van der Waals surface area (Å²) in [4.78, 5) is 12.7. The fraction of sp³-hybridized carbons (Fsp3) is 0.667. The van der Waals surface area contributed by atoms with Gasteiger partial charge < -0.3 is 0 Å². The summed E-state index contributed by atoms with van der Waals surface area (Å²) < 4.78 is 31.9. The lowest BCUT2D eigenvalue weighted by atomic mass is 10.2. The normalized spacial score (nSPS) is 12.9. The minimum atomic E-state index is -3.88. The molecule has 0 N–H and O–H groups in total. The summed E-state index contributed by atoms with van der Waals surface area (Å²) in [6.07, 6.45) is 5.99. The number of Topliss-reactive ketones (excluding diaryl/α,β-unsaturated/α-hetero) is 1. The molecule has 0 heterocycles. The summed E-state index contributed by atoms with van der Waals surface area (Å²) in [5.41, 5.74) is 0.999. The summed E-state index contributed by atoms with van der Waals surface area (Å²) in [5, 5.41) is 0. The maximum atomic E-state index is 13.0. The Kier molecular flexibility index (Phi) is 10.6. The van der Waals surface area contributed by atoms with Crippen molar-refractivity contribution < 1.29 is 16.8 Å². The van der Waals surface area contributed by atoms with Gasteiger partial charge >= 0.3 is 10.1 Å². The van der Waals surface area contributed by atoms with Gasteiger partial charge in [0, 0.05) is 17.9 Å². The lowest BCUT2D eigenvalue weighted by Gasteiger charge is -2.38. The molecule has 4 nitrogen and oxygen atoms in total. The van der Waals surface area contributed by atoms with Crippen molar-refractivity contribution in [2.75, 3.05) is 17.3 Å². The van der Waals surface area contributed by atoms with Crippen LogP contribution in [0.15, 0.2) is 29.2 Å². The summed E-state index contributed by atoms with van der Waals surface area (Å²) >= 11 is 0. The predicted molar refractivity (Wildman–Crippen MR) is 116 cm³/mol. The molecular weight excluding hydrogens is 380 g/mol. The Morgan fingerprint density at radius 1 is 0.889 bits per heavy atom. The molecule has 6 heteroatoms. The van der Waals surface area contributed by atoms with Gasteiger partial charge in [0.2, 0.25) is 0 Å². The van der Waals surface area contributed by atoms with E-state index in [0.717, 1.165) is 44.1 Å². The van der Waals surface area contributed by atoms with Gasteiger partial charge in [-0.25, -0.2) is 3.63 Å². The molecule has 0 aliphatic rings. The molecule has 156 valence electrons. The molecule has 0 fully saturated rings. The van der Waals surface area contributed by atoms with Crippen LogP contribution in [0.2, 0.25) is 0 Å². The number of rotatable bonds is 14. The molecule has 0 amide bonds. The molecule has 27 heavy (non-hydrogen) atoms. The smallest absolute Gasteiger partial charge is 0.299 e. The van der Waals surface area contributed by atoms with Gasteiger partial charge in [-0.05, 0) is 38.3 Å².